The van der Waals surface area contributed by atoms with Gasteiger partial charge in [0.25, 0.3) is 5.88 Å². The average molecular weight is 580 g/mol. The standard InChI is InChI=1S/C32H39F2N5O3/c1-20-6-8-32(27-22(20)4-5-25(36)23(27)16-35)15-26-24(18-42-32)29(38-9-3-12-40-13-11-38)28(34)30(37-26)41-19-31-7-2-10-39(31)17-21(33)14-31/h4-5,20-21H,2-3,6-15,17-19,36H2,1H3. The van der Waals surface area contributed by atoms with Crippen LogP contribution in [0.5, 0.6) is 5.88 Å². The van der Waals surface area contributed by atoms with Gasteiger partial charge in [0.1, 0.15) is 24.4 Å². The Balaban J connectivity index is 1.31. The molecule has 0 bridgehead atoms. The Morgan fingerprint density at radius 3 is 2.95 bits per heavy atom. The zero-order chi connectivity index (χ0) is 29.1. The number of benzene rings is 1. The van der Waals surface area contributed by atoms with Gasteiger partial charge in [-0.05, 0) is 56.2 Å². The van der Waals surface area contributed by atoms with Gasteiger partial charge in [-0.3, -0.25) is 4.90 Å². The largest absolute Gasteiger partial charge is 0.474 e. The molecule has 0 amide bonds. The Hall–Kier alpha value is -3.00. The molecular weight excluding hydrogens is 540 g/mol. The highest BCUT2D eigenvalue weighted by atomic mass is 19.1. The Labute approximate surface area is 245 Å². The fourth-order valence-corrected chi connectivity index (χ4v) is 8.19. The van der Waals surface area contributed by atoms with E-state index in [2.05, 4.69) is 17.9 Å². The van der Waals surface area contributed by atoms with Crippen LogP contribution < -0.4 is 15.4 Å². The molecular formula is C32H39F2N5O3. The van der Waals surface area contributed by atoms with Gasteiger partial charge >= 0.3 is 0 Å². The second-order valence-corrected chi connectivity index (χ2v) is 12.8. The molecule has 0 saturated carbocycles. The zero-order valence-electron chi connectivity index (χ0n) is 24.3. The van der Waals surface area contributed by atoms with Crippen LogP contribution in [0, 0.1) is 17.1 Å². The van der Waals surface area contributed by atoms with Crippen LogP contribution in [0.2, 0.25) is 0 Å². The molecule has 8 nitrogen and oxygen atoms in total. The van der Waals surface area contributed by atoms with Crippen molar-refractivity contribution < 1.29 is 23.0 Å². The van der Waals surface area contributed by atoms with Crippen LogP contribution in [0.1, 0.15) is 79.3 Å². The number of rotatable bonds is 4. The lowest BCUT2D eigenvalue weighted by Crippen LogP contribution is -2.44. The summed E-state index contributed by atoms with van der Waals surface area (Å²) in [5.41, 5.74) is 9.81. The Morgan fingerprint density at radius 2 is 2.10 bits per heavy atom. The summed E-state index contributed by atoms with van der Waals surface area (Å²) >= 11 is 0. The summed E-state index contributed by atoms with van der Waals surface area (Å²) in [6, 6.07) is 6.15. The number of hydrogen-bond acceptors (Lipinski definition) is 8. The lowest BCUT2D eigenvalue weighted by Gasteiger charge is -2.45. The third kappa shape index (κ3) is 4.43. The van der Waals surface area contributed by atoms with Crippen molar-refractivity contribution in [3.8, 4) is 11.9 Å². The third-order valence-corrected chi connectivity index (χ3v) is 10.3. The van der Waals surface area contributed by atoms with E-state index < -0.39 is 23.1 Å². The van der Waals surface area contributed by atoms with Gasteiger partial charge in [0.05, 0.1) is 35.7 Å². The molecule has 0 radical (unpaired) electrons. The highest BCUT2D eigenvalue weighted by molar-refractivity contribution is 5.65. The lowest BCUT2D eigenvalue weighted by molar-refractivity contribution is -0.0873. The molecule has 5 aliphatic rings. The van der Waals surface area contributed by atoms with Gasteiger partial charge in [0.15, 0.2) is 0 Å². The normalized spacial score (nSPS) is 30.9. The summed E-state index contributed by atoms with van der Waals surface area (Å²) in [6.45, 7) is 6.11. The number of pyridine rings is 1. The molecule has 4 atom stereocenters. The van der Waals surface area contributed by atoms with E-state index in [-0.39, 0.29) is 25.0 Å². The highest BCUT2D eigenvalue weighted by Gasteiger charge is 2.50. The minimum Gasteiger partial charge on any atom is -0.474 e. The molecule has 42 heavy (non-hydrogen) atoms. The SMILES string of the molecule is CC1CCC2(Cc3nc(OCC45CCCN4CC(F)C5)c(F)c(N4CCCOCC4)c3CO2)c2c1ccc(N)c2C#N. The van der Waals surface area contributed by atoms with Gasteiger partial charge in [-0.1, -0.05) is 13.0 Å². The van der Waals surface area contributed by atoms with E-state index >= 15 is 4.39 Å². The first-order chi connectivity index (χ1) is 20.3. The molecule has 1 aromatic heterocycles. The van der Waals surface area contributed by atoms with Gasteiger partial charge < -0.3 is 24.8 Å². The van der Waals surface area contributed by atoms with Crippen molar-refractivity contribution in [3.63, 3.8) is 0 Å². The average Bonchev–Trinajstić information content (AvgIpc) is 3.36. The highest BCUT2D eigenvalue weighted by Crippen LogP contribution is 2.52. The summed E-state index contributed by atoms with van der Waals surface area (Å²) < 4.78 is 49.6. The number of hydrogen-bond donors (Lipinski definition) is 1. The van der Waals surface area contributed by atoms with E-state index in [9.17, 15) is 9.65 Å². The minimum absolute atomic E-state index is 0.0352. The summed E-state index contributed by atoms with van der Waals surface area (Å²) in [5, 5.41) is 10.1. The predicted molar refractivity (Wildman–Crippen MR) is 154 cm³/mol. The topological polar surface area (TPSA) is 96.9 Å². The van der Waals surface area contributed by atoms with E-state index in [1.54, 1.807) is 6.07 Å². The molecule has 2 N–H and O–H groups in total. The van der Waals surface area contributed by atoms with Gasteiger partial charge in [-0.15, -0.1) is 0 Å². The van der Waals surface area contributed by atoms with Crippen molar-refractivity contribution in [2.24, 2.45) is 0 Å². The van der Waals surface area contributed by atoms with E-state index in [0.29, 0.717) is 69.0 Å². The fraction of sp³-hybridized carbons (Fsp3) is 0.625. The molecule has 7 rings (SSSR count). The Morgan fingerprint density at radius 1 is 1.21 bits per heavy atom. The van der Waals surface area contributed by atoms with Crippen molar-refractivity contribution in [2.75, 3.05) is 56.6 Å². The number of halogens is 2. The van der Waals surface area contributed by atoms with Crippen LogP contribution in [0.3, 0.4) is 0 Å². The Bertz CT molecular complexity index is 1420. The van der Waals surface area contributed by atoms with Gasteiger partial charge in [0.2, 0.25) is 5.82 Å². The summed E-state index contributed by atoms with van der Waals surface area (Å²) in [7, 11) is 0. The van der Waals surface area contributed by atoms with Crippen molar-refractivity contribution in [1.29, 1.82) is 5.26 Å². The van der Waals surface area contributed by atoms with Gasteiger partial charge in [0, 0.05) is 55.9 Å². The van der Waals surface area contributed by atoms with Crippen LogP contribution in [-0.2, 0) is 28.1 Å². The second kappa shape index (κ2) is 10.6. The molecule has 4 unspecified atom stereocenters. The van der Waals surface area contributed by atoms with E-state index in [4.69, 9.17) is 24.9 Å². The number of ether oxygens (including phenoxy) is 3. The monoisotopic (exact) mass is 579 g/mol. The first kappa shape index (κ1) is 27.8. The number of nitrogen functional groups attached to an aromatic ring is 1. The van der Waals surface area contributed by atoms with E-state index in [1.807, 2.05) is 11.0 Å². The van der Waals surface area contributed by atoms with Gasteiger partial charge in [-0.25, -0.2) is 9.37 Å². The van der Waals surface area contributed by atoms with Crippen LogP contribution in [0.25, 0.3) is 0 Å². The molecule has 1 aliphatic carbocycles. The molecule has 2 aromatic rings. The zero-order valence-corrected chi connectivity index (χ0v) is 24.3. The molecule has 3 saturated heterocycles. The number of nitriles is 1. The van der Waals surface area contributed by atoms with Crippen LogP contribution in [0.15, 0.2) is 12.1 Å². The smallest absolute Gasteiger partial charge is 0.252 e. The van der Waals surface area contributed by atoms with Crippen molar-refractivity contribution >= 4 is 11.4 Å². The predicted octanol–water partition coefficient (Wildman–Crippen LogP) is 4.72. The summed E-state index contributed by atoms with van der Waals surface area (Å²) in [6.07, 6.45) is 4.09. The molecule has 10 heteroatoms. The maximum absolute atomic E-state index is 16.5. The summed E-state index contributed by atoms with van der Waals surface area (Å²) in [4.78, 5) is 9.03. The number of anilines is 2. The maximum atomic E-state index is 16.5. The number of aromatic nitrogens is 1. The molecule has 1 aromatic carbocycles. The van der Waals surface area contributed by atoms with E-state index in [1.165, 1.54) is 0 Å². The van der Waals surface area contributed by atoms with E-state index in [0.717, 1.165) is 54.6 Å². The molecule has 3 fully saturated rings. The number of nitrogens with zero attached hydrogens (tertiary/aromatic N) is 4. The number of nitrogens with two attached hydrogens (primary N) is 1. The molecule has 4 aliphatic heterocycles. The molecule has 5 heterocycles. The van der Waals surface area contributed by atoms with Crippen molar-refractivity contribution in [3.05, 3.63) is 45.9 Å². The van der Waals surface area contributed by atoms with Crippen molar-refractivity contribution in [1.82, 2.24) is 9.88 Å². The fourth-order valence-electron chi connectivity index (χ4n) is 8.19. The first-order valence-electron chi connectivity index (χ1n) is 15.4. The second-order valence-electron chi connectivity index (χ2n) is 12.8. The first-order valence-corrected chi connectivity index (χ1v) is 15.4. The Kier molecular flexibility index (Phi) is 7.03. The maximum Gasteiger partial charge on any atom is 0.252 e. The van der Waals surface area contributed by atoms with Crippen molar-refractivity contribution in [2.45, 2.75) is 81.7 Å². The van der Waals surface area contributed by atoms with Crippen LogP contribution in [0.4, 0.5) is 20.2 Å². The van der Waals surface area contributed by atoms with Crippen LogP contribution >= 0.6 is 0 Å². The minimum atomic E-state index is -0.893. The number of fused-ring (bicyclic) bond motifs is 4. The molecule has 1 spiro atoms. The third-order valence-electron chi connectivity index (χ3n) is 10.3. The summed E-state index contributed by atoms with van der Waals surface area (Å²) in [5.74, 6) is -0.270. The number of alkyl halides is 1. The van der Waals surface area contributed by atoms with Gasteiger partial charge in [-0.2, -0.15) is 9.65 Å². The quantitative estimate of drug-likeness (QED) is 0.520. The molecule has 224 valence electrons. The lowest BCUT2D eigenvalue weighted by atomic mass is 9.69. The van der Waals surface area contributed by atoms with Crippen LogP contribution in [-0.4, -0.2) is 67.6 Å².